The van der Waals surface area contributed by atoms with Crippen molar-refractivity contribution in [3.8, 4) is 17.6 Å². The highest BCUT2D eigenvalue weighted by Gasteiger charge is 2.29. The molecule has 0 radical (unpaired) electrons. The predicted octanol–water partition coefficient (Wildman–Crippen LogP) is 4.36. The quantitative estimate of drug-likeness (QED) is 0.549. The van der Waals surface area contributed by atoms with Gasteiger partial charge in [-0.25, -0.2) is 0 Å². The molecular formula is C31H36N4O3. The molecule has 2 aromatic carbocycles. The molecule has 1 unspecified atom stereocenters. The Hall–Kier alpha value is -3.76. The van der Waals surface area contributed by atoms with Crippen LogP contribution in [0.25, 0.3) is 0 Å². The highest BCUT2D eigenvalue weighted by atomic mass is 16.5. The topological polar surface area (TPSA) is 69.0 Å². The van der Waals surface area contributed by atoms with Gasteiger partial charge in [-0.3, -0.25) is 9.69 Å². The van der Waals surface area contributed by atoms with E-state index in [0.717, 1.165) is 75.5 Å². The summed E-state index contributed by atoms with van der Waals surface area (Å²) in [6.45, 7) is 5.17. The van der Waals surface area contributed by atoms with E-state index in [4.69, 9.17) is 14.7 Å². The van der Waals surface area contributed by atoms with E-state index in [0.29, 0.717) is 18.2 Å². The van der Waals surface area contributed by atoms with Crippen molar-refractivity contribution in [2.75, 3.05) is 39.8 Å². The fourth-order valence-electron chi connectivity index (χ4n) is 5.56. The van der Waals surface area contributed by atoms with Gasteiger partial charge in [0.25, 0.3) is 5.91 Å². The van der Waals surface area contributed by atoms with E-state index in [1.165, 1.54) is 5.56 Å². The lowest BCUT2D eigenvalue weighted by Gasteiger charge is -2.39. The number of ether oxygens (including phenoxy) is 2. The first-order chi connectivity index (χ1) is 18.6. The zero-order valence-corrected chi connectivity index (χ0v) is 22.1. The molecule has 2 saturated heterocycles. The highest BCUT2D eigenvalue weighted by Crippen LogP contribution is 2.25. The highest BCUT2D eigenvalue weighted by molar-refractivity contribution is 5.96. The monoisotopic (exact) mass is 512 g/mol. The first-order valence-corrected chi connectivity index (χ1v) is 13.6. The molecule has 3 heterocycles. The van der Waals surface area contributed by atoms with Gasteiger partial charge in [0.1, 0.15) is 17.6 Å². The van der Waals surface area contributed by atoms with Crippen LogP contribution >= 0.6 is 0 Å². The maximum Gasteiger partial charge on any atom is 0.255 e. The standard InChI is InChI=1S/C31H36N4O3/c1-37-28-10-12-29(13-11-28)38-30-5-3-17-35(23-30)31(36)26-4-2-16-34(22-26)27-14-18-33(19-15-27)21-25-8-6-24(20-32)7-9-25/h2,4,6-13,22,27,30H,3,5,14-19,21,23H2,1H3. The summed E-state index contributed by atoms with van der Waals surface area (Å²) in [6, 6.07) is 18.1. The third kappa shape index (κ3) is 6.38. The van der Waals surface area contributed by atoms with Crippen molar-refractivity contribution in [3.05, 3.63) is 83.6 Å². The molecule has 7 nitrogen and oxygen atoms in total. The molecule has 38 heavy (non-hydrogen) atoms. The van der Waals surface area contributed by atoms with Crippen LogP contribution in [0.5, 0.6) is 11.5 Å². The van der Waals surface area contributed by atoms with E-state index in [1.807, 2.05) is 59.5 Å². The van der Waals surface area contributed by atoms with E-state index in [-0.39, 0.29) is 12.0 Å². The molecule has 0 N–H and O–H groups in total. The van der Waals surface area contributed by atoms with Crippen molar-refractivity contribution in [2.45, 2.75) is 44.4 Å². The van der Waals surface area contributed by atoms with E-state index in [1.54, 1.807) is 7.11 Å². The van der Waals surface area contributed by atoms with Gasteiger partial charge in [0.05, 0.1) is 30.9 Å². The van der Waals surface area contributed by atoms with Gasteiger partial charge in [0.2, 0.25) is 0 Å². The van der Waals surface area contributed by atoms with E-state index in [9.17, 15) is 4.79 Å². The second kappa shape index (κ2) is 12.2. The molecule has 0 spiro atoms. The third-order valence-corrected chi connectivity index (χ3v) is 7.71. The summed E-state index contributed by atoms with van der Waals surface area (Å²) < 4.78 is 11.4. The second-order valence-electron chi connectivity index (χ2n) is 10.3. The zero-order valence-electron chi connectivity index (χ0n) is 22.1. The average Bonchev–Trinajstić information content (AvgIpc) is 2.98. The number of carbonyl (C=O) groups excluding carboxylic acids is 1. The largest absolute Gasteiger partial charge is 0.497 e. The second-order valence-corrected chi connectivity index (χ2v) is 10.3. The Morgan fingerprint density at radius 2 is 1.74 bits per heavy atom. The minimum Gasteiger partial charge on any atom is -0.497 e. The Labute approximate surface area is 225 Å². The molecule has 0 aromatic heterocycles. The fraction of sp³-hybridized carbons (Fsp3) is 0.419. The summed E-state index contributed by atoms with van der Waals surface area (Å²) in [5, 5.41) is 9.00. The summed E-state index contributed by atoms with van der Waals surface area (Å²) >= 11 is 0. The molecule has 2 fully saturated rings. The summed E-state index contributed by atoms with van der Waals surface area (Å²) in [6.07, 6.45) is 10.2. The molecule has 7 heteroatoms. The maximum absolute atomic E-state index is 13.4. The van der Waals surface area contributed by atoms with Crippen molar-refractivity contribution >= 4 is 5.91 Å². The lowest BCUT2D eigenvalue weighted by atomic mass is 10.0. The molecule has 1 amide bonds. The number of methoxy groups -OCH3 is 1. The summed E-state index contributed by atoms with van der Waals surface area (Å²) in [4.78, 5) is 20.2. The number of nitriles is 1. The van der Waals surface area contributed by atoms with Crippen LogP contribution in [0.15, 0.2) is 72.5 Å². The Bertz CT molecular complexity index is 1190. The maximum atomic E-state index is 13.4. The number of amides is 1. The van der Waals surface area contributed by atoms with Gasteiger partial charge in [-0.2, -0.15) is 5.26 Å². The predicted molar refractivity (Wildman–Crippen MR) is 147 cm³/mol. The van der Waals surface area contributed by atoms with Crippen LogP contribution in [0.4, 0.5) is 0 Å². The van der Waals surface area contributed by atoms with E-state index >= 15 is 0 Å². The van der Waals surface area contributed by atoms with Gasteiger partial charge >= 0.3 is 0 Å². The number of rotatable bonds is 7. The molecule has 0 aliphatic carbocycles. The Balaban J connectivity index is 1.13. The molecule has 3 aliphatic heterocycles. The molecule has 0 bridgehead atoms. The van der Waals surface area contributed by atoms with Crippen LogP contribution in [0.3, 0.4) is 0 Å². The van der Waals surface area contributed by atoms with Crippen LogP contribution < -0.4 is 9.47 Å². The van der Waals surface area contributed by atoms with Gasteiger partial charge in [-0.15, -0.1) is 0 Å². The smallest absolute Gasteiger partial charge is 0.255 e. The first-order valence-electron chi connectivity index (χ1n) is 13.6. The zero-order chi connectivity index (χ0) is 26.3. The van der Waals surface area contributed by atoms with Crippen LogP contribution in [0, 0.1) is 11.3 Å². The van der Waals surface area contributed by atoms with E-state index in [2.05, 4.69) is 28.1 Å². The van der Waals surface area contributed by atoms with Crippen LogP contribution in [-0.2, 0) is 11.3 Å². The lowest BCUT2D eigenvalue weighted by Crippen LogP contribution is -2.46. The number of piperidine rings is 2. The average molecular weight is 513 g/mol. The molecular weight excluding hydrogens is 476 g/mol. The molecule has 5 rings (SSSR count). The van der Waals surface area contributed by atoms with Crippen molar-refractivity contribution in [1.82, 2.24) is 14.7 Å². The van der Waals surface area contributed by atoms with Gasteiger partial charge in [0.15, 0.2) is 0 Å². The Morgan fingerprint density at radius 1 is 1.00 bits per heavy atom. The van der Waals surface area contributed by atoms with E-state index < -0.39 is 0 Å². The van der Waals surface area contributed by atoms with Crippen molar-refractivity contribution < 1.29 is 14.3 Å². The van der Waals surface area contributed by atoms with Crippen LogP contribution in [0.1, 0.15) is 36.8 Å². The Kier molecular flexibility index (Phi) is 8.30. The summed E-state index contributed by atoms with van der Waals surface area (Å²) in [5.74, 6) is 1.70. The number of hydrogen-bond acceptors (Lipinski definition) is 6. The third-order valence-electron chi connectivity index (χ3n) is 7.71. The molecule has 1 atom stereocenters. The minimum atomic E-state index is -0.00852. The number of nitrogens with zero attached hydrogens (tertiary/aromatic N) is 4. The van der Waals surface area contributed by atoms with Gasteiger partial charge < -0.3 is 19.3 Å². The number of benzene rings is 2. The van der Waals surface area contributed by atoms with Crippen molar-refractivity contribution in [2.24, 2.45) is 0 Å². The summed E-state index contributed by atoms with van der Waals surface area (Å²) in [5.41, 5.74) is 2.71. The number of hydrogen-bond donors (Lipinski definition) is 0. The van der Waals surface area contributed by atoms with Crippen molar-refractivity contribution in [3.63, 3.8) is 0 Å². The van der Waals surface area contributed by atoms with Gasteiger partial charge in [-0.1, -0.05) is 24.3 Å². The fourth-order valence-corrected chi connectivity index (χ4v) is 5.56. The van der Waals surface area contributed by atoms with Crippen LogP contribution in [-0.4, -0.2) is 72.6 Å². The SMILES string of the molecule is COc1ccc(OC2CCCN(C(=O)C3=CN(C4CCN(Cc5ccc(C#N)cc5)CC4)CC=C3)C2)cc1. The lowest BCUT2D eigenvalue weighted by molar-refractivity contribution is -0.129. The van der Waals surface area contributed by atoms with Gasteiger partial charge in [0, 0.05) is 45.0 Å². The number of carbonyl (C=O) groups is 1. The Morgan fingerprint density at radius 3 is 2.45 bits per heavy atom. The van der Waals surface area contributed by atoms with Gasteiger partial charge in [-0.05, 0) is 67.6 Å². The van der Waals surface area contributed by atoms with Crippen molar-refractivity contribution in [1.29, 1.82) is 5.26 Å². The molecule has 3 aliphatic rings. The molecule has 198 valence electrons. The van der Waals surface area contributed by atoms with Crippen LogP contribution in [0.2, 0.25) is 0 Å². The summed E-state index contributed by atoms with van der Waals surface area (Å²) in [7, 11) is 1.65. The number of likely N-dealkylation sites (tertiary alicyclic amines) is 2. The normalized spacial score (nSPS) is 20.5. The molecule has 0 saturated carbocycles. The molecule has 2 aromatic rings. The first kappa shape index (κ1) is 25.9. The minimum absolute atomic E-state index is 0.00852.